The van der Waals surface area contributed by atoms with Gasteiger partial charge in [0.1, 0.15) is 0 Å². The van der Waals surface area contributed by atoms with Gasteiger partial charge in [0, 0.05) is 0 Å². The van der Waals surface area contributed by atoms with Gasteiger partial charge in [-0.25, -0.2) is 13.1 Å². The quantitative estimate of drug-likeness (QED) is 0.654. The van der Waals surface area contributed by atoms with Crippen LogP contribution in [0.3, 0.4) is 0 Å². The average Bonchev–Trinajstić information content (AvgIpc) is 2.69. The molecule has 0 bridgehead atoms. The molecule has 3 aromatic carbocycles. The highest BCUT2D eigenvalue weighted by atomic mass is 32.2. The molecule has 2 atom stereocenters. The Hall–Kier alpha value is -2.47. The number of nitrogens with one attached hydrogen (secondary N) is 1. The molecule has 0 aromatic heterocycles. The number of sulfonamides is 1. The van der Waals surface area contributed by atoms with Crippen molar-refractivity contribution in [2.75, 3.05) is 0 Å². The maximum absolute atomic E-state index is 12.8. The molecule has 5 heteroatoms. The zero-order valence-corrected chi connectivity index (χ0v) is 16.1. The van der Waals surface area contributed by atoms with Crippen molar-refractivity contribution in [3.8, 4) is 0 Å². The van der Waals surface area contributed by atoms with E-state index < -0.39 is 22.1 Å². The summed E-state index contributed by atoms with van der Waals surface area (Å²) in [4.78, 5) is 0. The Kier molecular flexibility index (Phi) is 6.06. The Morgan fingerprint density at radius 3 is 1.89 bits per heavy atom. The fourth-order valence-electron chi connectivity index (χ4n) is 3.02. The van der Waals surface area contributed by atoms with Crippen LogP contribution in [0.25, 0.3) is 0 Å². The van der Waals surface area contributed by atoms with Gasteiger partial charge >= 0.3 is 0 Å². The first-order valence-electron chi connectivity index (χ1n) is 8.86. The van der Waals surface area contributed by atoms with Gasteiger partial charge in [0.15, 0.2) is 0 Å². The van der Waals surface area contributed by atoms with E-state index in [1.165, 1.54) is 0 Å². The van der Waals surface area contributed by atoms with Gasteiger partial charge in [-0.1, -0.05) is 90.5 Å². The van der Waals surface area contributed by atoms with Crippen LogP contribution in [0.5, 0.6) is 0 Å². The van der Waals surface area contributed by atoms with E-state index in [1.54, 1.807) is 0 Å². The Bertz CT molecular complexity index is 956. The van der Waals surface area contributed by atoms with E-state index in [9.17, 15) is 8.42 Å². The van der Waals surface area contributed by atoms with Crippen LogP contribution in [0, 0.1) is 6.92 Å². The van der Waals surface area contributed by atoms with Crippen LogP contribution in [0.15, 0.2) is 84.9 Å². The van der Waals surface area contributed by atoms with Crippen molar-refractivity contribution in [2.45, 2.75) is 24.8 Å². The fourth-order valence-corrected chi connectivity index (χ4v) is 4.40. The first kappa shape index (κ1) is 19.3. The highest BCUT2D eigenvalue weighted by Crippen LogP contribution is 2.28. The molecule has 2 unspecified atom stereocenters. The summed E-state index contributed by atoms with van der Waals surface area (Å²) in [6, 6.07) is 25.4. The number of hydrogen-bond donors (Lipinski definition) is 2. The van der Waals surface area contributed by atoms with E-state index in [1.807, 2.05) is 91.9 Å². The van der Waals surface area contributed by atoms with Crippen molar-refractivity contribution in [1.29, 1.82) is 0 Å². The van der Waals surface area contributed by atoms with Crippen LogP contribution in [0.1, 0.15) is 34.3 Å². The Morgan fingerprint density at radius 1 is 0.815 bits per heavy atom. The first-order valence-corrected chi connectivity index (χ1v) is 10.5. The lowest BCUT2D eigenvalue weighted by Gasteiger charge is -2.26. The van der Waals surface area contributed by atoms with Gasteiger partial charge in [0.25, 0.3) is 0 Å². The number of aryl methyl sites for hydroxylation is 1. The molecule has 0 amide bonds. The van der Waals surface area contributed by atoms with E-state index in [0.29, 0.717) is 0 Å². The van der Waals surface area contributed by atoms with Crippen molar-refractivity contribution in [3.63, 3.8) is 0 Å². The Morgan fingerprint density at radius 2 is 1.33 bits per heavy atom. The van der Waals surface area contributed by atoms with E-state index in [-0.39, 0.29) is 5.75 Å². The predicted molar refractivity (Wildman–Crippen MR) is 109 cm³/mol. The monoisotopic (exact) mass is 380 g/mol. The lowest BCUT2D eigenvalue weighted by atomic mass is 9.95. The Labute approximate surface area is 161 Å². The van der Waals surface area contributed by atoms with Crippen LogP contribution >= 0.6 is 0 Å². The predicted octanol–water partition coefficient (Wildman–Crippen LogP) is 3.86. The third kappa shape index (κ3) is 5.26. The van der Waals surface area contributed by atoms with Gasteiger partial charge in [0.2, 0.25) is 10.0 Å². The molecule has 27 heavy (non-hydrogen) atoms. The van der Waals surface area contributed by atoms with Gasteiger partial charge in [0.05, 0.1) is 17.8 Å². The van der Waals surface area contributed by atoms with E-state index in [2.05, 4.69) is 4.72 Å². The molecule has 0 saturated heterocycles. The first-order chi connectivity index (χ1) is 12.9. The molecule has 3 aromatic rings. The molecule has 4 nitrogen and oxygen atoms in total. The van der Waals surface area contributed by atoms with Crippen molar-refractivity contribution in [3.05, 3.63) is 107 Å². The van der Waals surface area contributed by atoms with Crippen molar-refractivity contribution in [2.24, 2.45) is 5.73 Å². The van der Waals surface area contributed by atoms with Gasteiger partial charge in [-0.15, -0.1) is 0 Å². The van der Waals surface area contributed by atoms with E-state index in [4.69, 9.17) is 5.73 Å². The van der Waals surface area contributed by atoms with Crippen LogP contribution in [0.2, 0.25) is 0 Å². The summed E-state index contributed by atoms with van der Waals surface area (Å²) >= 11 is 0. The summed E-state index contributed by atoms with van der Waals surface area (Å²) in [6.07, 6.45) is 0. The summed E-state index contributed by atoms with van der Waals surface area (Å²) < 4.78 is 28.5. The third-order valence-corrected chi connectivity index (χ3v) is 5.81. The molecule has 0 radical (unpaired) electrons. The molecule has 0 aliphatic heterocycles. The summed E-state index contributed by atoms with van der Waals surface area (Å²) in [5.74, 6) is -0.0852. The molecule has 3 N–H and O–H groups in total. The molecular formula is C22H24N2O2S. The standard InChI is InChI=1S/C22H24N2O2S/c1-17-12-14-18(15-13-17)16-27(25,26)24-22(20-10-6-3-7-11-20)21(23)19-8-4-2-5-9-19/h2-15,21-22,24H,16,23H2,1H3. The molecule has 0 saturated carbocycles. The zero-order valence-electron chi connectivity index (χ0n) is 15.2. The summed E-state index contributed by atoms with van der Waals surface area (Å²) in [5.41, 5.74) is 10.0. The van der Waals surface area contributed by atoms with Crippen LogP contribution in [-0.4, -0.2) is 8.42 Å². The highest BCUT2D eigenvalue weighted by molar-refractivity contribution is 7.88. The molecule has 0 aliphatic carbocycles. The SMILES string of the molecule is Cc1ccc(CS(=O)(=O)NC(c2ccccc2)C(N)c2ccccc2)cc1. The topological polar surface area (TPSA) is 72.2 Å². The second-order valence-corrected chi connectivity index (χ2v) is 8.44. The second kappa shape index (κ2) is 8.48. The molecule has 0 fully saturated rings. The van der Waals surface area contributed by atoms with Crippen LogP contribution < -0.4 is 10.5 Å². The van der Waals surface area contributed by atoms with Crippen LogP contribution in [0.4, 0.5) is 0 Å². The van der Waals surface area contributed by atoms with Gasteiger partial charge in [-0.3, -0.25) is 0 Å². The molecule has 0 spiro atoms. The largest absolute Gasteiger partial charge is 0.322 e. The third-order valence-electron chi connectivity index (χ3n) is 4.49. The maximum atomic E-state index is 12.8. The van der Waals surface area contributed by atoms with Crippen molar-refractivity contribution < 1.29 is 8.42 Å². The van der Waals surface area contributed by atoms with Crippen molar-refractivity contribution in [1.82, 2.24) is 4.72 Å². The number of rotatable bonds is 7. The zero-order chi connectivity index (χ0) is 19.3. The van der Waals surface area contributed by atoms with Crippen LogP contribution in [-0.2, 0) is 15.8 Å². The number of hydrogen-bond acceptors (Lipinski definition) is 3. The molecule has 140 valence electrons. The lowest BCUT2D eigenvalue weighted by molar-refractivity contribution is 0.503. The van der Waals surface area contributed by atoms with E-state index >= 15 is 0 Å². The molecule has 0 aliphatic rings. The average molecular weight is 381 g/mol. The highest BCUT2D eigenvalue weighted by Gasteiger charge is 2.26. The second-order valence-electron chi connectivity index (χ2n) is 6.69. The minimum absolute atomic E-state index is 0.0852. The Balaban J connectivity index is 1.87. The fraction of sp³-hybridized carbons (Fsp3) is 0.182. The minimum atomic E-state index is -3.58. The normalized spacial score (nSPS) is 13.9. The molecular weight excluding hydrogens is 356 g/mol. The van der Waals surface area contributed by atoms with Gasteiger partial charge < -0.3 is 5.73 Å². The molecule has 0 heterocycles. The smallest absolute Gasteiger partial charge is 0.216 e. The number of benzene rings is 3. The van der Waals surface area contributed by atoms with E-state index in [0.717, 1.165) is 22.3 Å². The molecule has 3 rings (SSSR count). The number of nitrogens with two attached hydrogens (primary N) is 1. The minimum Gasteiger partial charge on any atom is -0.322 e. The van der Waals surface area contributed by atoms with Crippen molar-refractivity contribution >= 4 is 10.0 Å². The lowest BCUT2D eigenvalue weighted by Crippen LogP contribution is -2.36. The van der Waals surface area contributed by atoms with Gasteiger partial charge in [-0.05, 0) is 23.6 Å². The van der Waals surface area contributed by atoms with Gasteiger partial charge in [-0.2, -0.15) is 0 Å². The summed E-state index contributed by atoms with van der Waals surface area (Å²) in [7, 11) is -3.58. The maximum Gasteiger partial charge on any atom is 0.216 e. The summed E-state index contributed by atoms with van der Waals surface area (Å²) in [5, 5.41) is 0. The summed E-state index contributed by atoms with van der Waals surface area (Å²) in [6.45, 7) is 1.97.